The highest BCUT2D eigenvalue weighted by atomic mass is 16.8. The molecule has 3 rings (SSSR count). The molecule has 118 valence electrons. The van der Waals surface area contributed by atoms with Crippen molar-refractivity contribution in [3.63, 3.8) is 0 Å². The highest BCUT2D eigenvalue weighted by molar-refractivity contribution is 5.82. The molecule has 1 aromatic carbocycles. The van der Waals surface area contributed by atoms with Crippen LogP contribution in [-0.2, 0) is 11.3 Å². The largest absolute Gasteiger partial charge is 0.525 e. The maximum atomic E-state index is 10.5. The van der Waals surface area contributed by atoms with E-state index >= 15 is 0 Å². The van der Waals surface area contributed by atoms with Crippen LogP contribution >= 0.6 is 0 Å². The van der Waals surface area contributed by atoms with Gasteiger partial charge in [-0.05, 0) is 43.2 Å². The van der Waals surface area contributed by atoms with Crippen molar-refractivity contribution >= 4 is 17.1 Å². The number of para-hydroxylation sites is 1. The van der Waals surface area contributed by atoms with Gasteiger partial charge in [-0.15, -0.1) is 5.06 Å². The number of benzene rings is 1. The van der Waals surface area contributed by atoms with E-state index in [-0.39, 0.29) is 0 Å². The molecule has 0 atom stereocenters. The van der Waals surface area contributed by atoms with E-state index in [1.54, 1.807) is 5.06 Å². The van der Waals surface area contributed by atoms with Crippen molar-refractivity contribution in [3.8, 4) is 0 Å². The molecule has 2 heterocycles. The van der Waals surface area contributed by atoms with E-state index in [4.69, 9.17) is 9.94 Å². The van der Waals surface area contributed by atoms with Gasteiger partial charge < -0.3 is 14.9 Å². The van der Waals surface area contributed by atoms with Crippen LogP contribution in [0.4, 0.5) is 4.79 Å². The number of nitrogens with one attached hydrogen (secondary N) is 1. The molecule has 0 aliphatic carbocycles. The Morgan fingerprint density at radius 3 is 2.86 bits per heavy atom. The van der Waals surface area contributed by atoms with Crippen molar-refractivity contribution < 1.29 is 14.7 Å². The first-order valence-electron chi connectivity index (χ1n) is 7.93. The van der Waals surface area contributed by atoms with Gasteiger partial charge in [0.15, 0.2) is 0 Å². The third-order valence-electron chi connectivity index (χ3n) is 4.51. The van der Waals surface area contributed by atoms with Gasteiger partial charge in [0.05, 0.1) is 0 Å². The van der Waals surface area contributed by atoms with E-state index in [0.29, 0.717) is 19.0 Å². The van der Waals surface area contributed by atoms with Gasteiger partial charge >= 0.3 is 6.16 Å². The Morgan fingerprint density at radius 1 is 1.32 bits per heavy atom. The summed E-state index contributed by atoms with van der Waals surface area (Å²) in [5.41, 5.74) is 2.60. The number of hydrogen-bond donors (Lipinski definition) is 2. The monoisotopic (exact) mass is 302 g/mol. The van der Waals surface area contributed by atoms with Crippen LogP contribution < -0.4 is 0 Å². The van der Waals surface area contributed by atoms with E-state index < -0.39 is 6.16 Å². The molecule has 1 saturated heterocycles. The lowest BCUT2D eigenvalue weighted by Crippen LogP contribution is -2.35. The Balaban J connectivity index is 1.43. The molecule has 0 saturated carbocycles. The molecule has 1 aliphatic heterocycles. The lowest BCUT2D eigenvalue weighted by atomic mass is 9.91. The quantitative estimate of drug-likeness (QED) is 0.881. The minimum absolute atomic E-state index is 0.679. The molecule has 1 fully saturated rings. The third kappa shape index (κ3) is 3.60. The number of piperidine rings is 1. The second kappa shape index (κ2) is 6.83. The molecule has 2 aromatic rings. The molecule has 1 aromatic heterocycles. The Morgan fingerprint density at radius 2 is 2.09 bits per heavy atom. The molecule has 22 heavy (non-hydrogen) atoms. The first-order chi connectivity index (χ1) is 10.7. The summed E-state index contributed by atoms with van der Waals surface area (Å²) in [6, 6.07) is 8.41. The molecule has 2 N–H and O–H groups in total. The number of aromatic amines is 1. The second-order valence-electron chi connectivity index (χ2n) is 5.98. The first kappa shape index (κ1) is 14.9. The maximum absolute atomic E-state index is 10.5. The molecular formula is C17H22N2O3. The van der Waals surface area contributed by atoms with Gasteiger partial charge in [-0.1, -0.05) is 24.6 Å². The zero-order valence-electron chi connectivity index (χ0n) is 12.6. The molecule has 5 heteroatoms. The average molecular weight is 302 g/mol. The fourth-order valence-electron chi connectivity index (χ4n) is 3.32. The fraction of sp³-hybridized carbons (Fsp3) is 0.471. The summed E-state index contributed by atoms with van der Waals surface area (Å²) < 4.78 is 0. The highest BCUT2D eigenvalue weighted by Crippen LogP contribution is 2.25. The van der Waals surface area contributed by atoms with E-state index in [1.165, 1.54) is 29.3 Å². The number of hydroxylamine groups is 2. The predicted octanol–water partition coefficient (Wildman–Crippen LogP) is 3.81. The number of H-pyrrole nitrogens is 1. The van der Waals surface area contributed by atoms with Gasteiger partial charge in [0.1, 0.15) is 0 Å². The molecule has 0 unspecified atom stereocenters. The topological polar surface area (TPSA) is 65.6 Å². The van der Waals surface area contributed by atoms with Crippen molar-refractivity contribution in [1.82, 2.24) is 10.0 Å². The highest BCUT2D eigenvalue weighted by Gasteiger charge is 2.21. The van der Waals surface area contributed by atoms with E-state index in [1.807, 2.05) is 0 Å². The molecule has 0 radical (unpaired) electrons. The van der Waals surface area contributed by atoms with Crippen LogP contribution in [0.25, 0.3) is 10.9 Å². The average Bonchev–Trinajstić information content (AvgIpc) is 2.92. The zero-order valence-corrected chi connectivity index (χ0v) is 12.6. The predicted molar refractivity (Wildman–Crippen MR) is 84.6 cm³/mol. The fourth-order valence-corrected chi connectivity index (χ4v) is 3.32. The summed E-state index contributed by atoms with van der Waals surface area (Å²) in [6.07, 6.45) is 6.40. The Kier molecular flexibility index (Phi) is 4.63. The summed E-state index contributed by atoms with van der Waals surface area (Å²) in [7, 11) is 0. The smallest absolute Gasteiger partial charge is 0.448 e. The summed E-state index contributed by atoms with van der Waals surface area (Å²) >= 11 is 0. The molecular weight excluding hydrogens is 280 g/mol. The van der Waals surface area contributed by atoms with Gasteiger partial charge in [-0.3, -0.25) is 0 Å². The molecule has 0 amide bonds. The van der Waals surface area contributed by atoms with Gasteiger partial charge in [-0.2, -0.15) is 0 Å². The van der Waals surface area contributed by atoms with Crippen LogP contribution in [-0.4, -0.2) is 34.4 Å². The first-order valence-corrected chi connectivity index (χ1v) is 7.93. The number of nitrogens with zero attached hydrogens (tertiary/aromatic N) is 1. The SMILES string of the molecule is O=C(O)ON1CCC(CCCc2c[nH]c3ccccc23)CC1. The van der Waals surface area contributed by atoms with Crippen LogP contribution in [0.2, 0.25) is 0 Å². The molecule has 1 aliphatic rings. The van der Waals surface area contributed by atoms with Crippen LogP contribution in [0, 0.1) is 5.92 Å². The number of carboxylic acid groups (broad SMARTS) is 1. The molecule has 0 spiro atoms. The summed E-state index contributed by atoms with van der Waals surface area (Å²) in [4.78, 5) is 18.5. The van der Waals surface area contributed by atoms with Crippen LogP contribution in [0.1, 0.15) is 31.2 Å². The van der Waals surface area contributed by atoms with Crippen molar-refractivity contribution in [1.29, 1.82) is 0 Å². The summed E-state index contributed by atoms with van der Waals surface area (Å²) in [5.74, 6) is 0.679. The van der Waals surface area contributed by atoms with Gasteiger partial charge in [-0.25, -0.2) is 4.79 Å². The lowest BCUT2D eigenvalue weighted by molar-refractivity contribution is -0.135. The number of aryl methyl sites for hydroxylation is 1. The minimum atomic E-state index is -1.21. The van der Waals surface area contributed by atoms with Crippen molar-refractivity contribution in [2.45, 2.75) is 32.1 Å². The maximum Gasteiger partial charge on any atom is 0.525 e. The van der Waals surface area contributed by atoms with Crippen LogP contribution in [0.5, 0.6) is 0 Å². The molecule has 5 nitrogen and oxygen atoms in total. The summed E-state index contributed by atoms with van der Waals surface area (Å²) in [6.45, 7) is 1.42. The van der Waals surface area contributed by atoms with Crippen molar-refractivity contribution in [3.05, 3.63) is 36.0 Å². The van der Waals surface area contributed by atoms with Crippen LogP contribution in [0.15, 0.2) is 30.5 Å². The Bertz CT molecular complexity index is 630. The standard InChI is InChI=1S/C17H22N2O3/c20-17(21)22-19-10-8-13(9-11-19)4-3-5-14-12-18-16-7-2-1-6-15(14)16/h1-2,6-7,12-13,18H,3-5,8-11H2,(H,20,21). The van der Waals surface area contributed by atoms with E-state index in [9.17, 15) is 4.79 Å². The van der Waals surface area contributed by atoms with Crippen LogP contribution in [0.3, 0.4) is 0 Å². The van der Waals surface area contributed by atoms with Crippen molar-refractivity contribution in [2.24, 2.45) is 5.92 Å². The van der Waals surface area contributed by atoms with Gasteiger partial charge in [0, 0.05) is 30.2 Å². The van der Waals surface area contributed by atoms with Gasteiger partial charge in [0.25, 0.3) is 0 Å². The lowest BCUT2D eigenvalue weighted by Gasteiger charge is -2.29. The Hall–Kier alpha value is -2.01. The van der Waals surface area contributed by atoms with E-state index in [0.717, 1.165) is 19.3 Å². The number of fused-ring (bicyclic) bond motifs is 1. The third-order valence-corrected chi connectivity index (χ3v) is 4.51. The minimum Gasteiger partial charge on any atom is -0.448 e. The zero-order chi connectivity index (χ0) is 15.4. The van der Waals surface area contributed by atoms with E-state index in [2.05, 4.69) is 35.4 Å². The summed E-state index contributed by atoms with van der Waals surface area (Å²) in [5, 5.41) is 11.5. The number of hydrogen-bond acceptors (Lipinski definition) is 3. The van der Waals surface area contributed by atoms with Crippen molar-refractivity contribution in [2.75, 3.05) is 13.1 Å². The molecule has 0 bridgehead atoms. The van der Waals surface area contributed by atoms with Gasteiger partial charge in [0.2, 0.25) is 0 Å². The number of rotatable bonds is 5. The normalized spacial score (nSPS) is 16.9. The number of aromatic nitrogens is 1. The second-order valence-corrected chi connectivity index (χ2v) is 5.98. The number of carbonyl (C=O) groups is 1. The Labute approximate surface area is 129 Å².